The number of rotatable bonds is 6. The molecule has 0 spiro atoms. The van der Waals surface area contributed by atoms with Crippen molar-refractivity contribution in [3.05, 3.63) is 59.2 Å². The fourth-order valence-corrected chi connectivity index (χ4v) is 2.45. The van der Waals surface area contributed by atoms with E-state index in [1.54, 1.807) is 30.3 Å². The van der Waals surface area contributed by atoms with Gasteiger partial charge < -0.3 is 15.7 Å². The van der Waals surface area contributed by atoms with Gasteiger partial charge in [0.05, 0.1) is 5.56 Å². The van der Waals surface area contributed by atoms with E-state index in [4.69, 9.17) is 5.11 Å². The van der Waals surface area contributed by atoms with Crippen LogP contribution in [-0.2, 0) is 4.79 Å². The minimum atomic E-state index is -1.06. The molecule has 0 aliphatic heterocycles. The smallest absolute Gasteiger partial charge is 0.335 e. The van der Waals surface area contributed by atoms with E-state index in [1.807, 2.05) is 20.8 Å². The van der Waals surface area contributed by atoms with Gasteiger partial charge in [-0.25, -0.2) is 4.79 Å². The second-order valence-corrected chi connectivity index (χ2v) is 6.52. The van der Waals surface area contributed by atoms with Crippen molar-refractivity contribution in [2.75, 3.05) is 10.6 Å². The van der Waals surface area contributed by atoms with E-state index in [2.05, 4.69) is 10.6 Å². The van der Waals surface area contributed by atoms with Gasteiger partial charge in [0, 0.05) is 23.4 Å². The Labute approximate surface area is 152 Å². The number of hydrogen-bond donors (Lipinski definition) is 3. The number of anilines is 2. The highest BCUT2D eigenvalue weighted by molar-refractivity contribution is 6.05. The molecule has 0 saturated heterocycles. The maximum Gasteiger partial charge on any atom is 0.335 e. The standard InChI is InChI=1S/C20H22N2O4/c1-12(2)9-18(23)22-17-8-7-14(10-13(17)3)19(24)21-16-6-4-5-15(11-16)20(25)26/h4-8,10-12H,9H2,1-3H3,(H,21,24)(H,22,23)(H,25,26). The molecule has 26 heavy (non-hydrogen) atoms. The normalized spacial score (nSPS) is 10.5. The van der Waals surface area contributed by atoms with Crippen LogP contribution in [0.25, 0.3) is 0 Å². The average Bonchev–Trinajstić information content (AvgIpc) is 2.56. The molecule has 6 nitrogen and oxygen atoms in total. The zero-order valence-electron chi connectivity index (χ0n) is 15.0. The summed E-state index contributed by atoms with van der Waals surface area (Å²) in [5, 5.41) is 14.5. The summed E-state index contributed by atoms with van der Waals surface area (Å²) in [7, 11) is 0. The summed E-state index contributed by atoms with van der Waals surface area (Å²) in [6, 6.07) is 11.0. The molecular weight excluding hydrogens is 332 g/mol. The molecule has 0 saturated carbocycles. The number of amides is 2. The molecule has 3 N–H and O–H groups in total. The lowest BCUT2D eigenvalue weighted by Crippen LogP contribution is -2.16. The average molecular weight is 354 g/mol. The first-order valence-corrected chi connectivity index (χ1v) is 8.31. The van der Waals surface area contributed by atoms with E-state index in [0.717, 1.165) is 5.56 Å². The van der Waals surface area contributed by atoms with Crippen LogP contribution in [0.4, 0.5) is 11.4 Å². The highest BCUT2D eigenvalue weighted by atomic mass is 16.4. The number of aromatic carboxylic acids is 1. The Morgan fingerprint density at radius 2 is 1.73 bits per heavy atom. The third-order valence-electron chi connectivity index (χ3n) is 3.72. The number of hydrogen-bond acceptors (Lipinski definition) is 3. The van der Waals surface area contributed by atoms with Crippen LogP contribution in [0.3, 0.4) is 0 Å². The number of aryl methyl sites for hydroxylation is 1. The Morgan fingerprint density at radius 3 is 2.35 bits per heavy atom. The molecule has 0 aliphatic carbocycles. The van der Waals surface area contributed by atoms with Crippen LogP contribution in [0.15, 0.2) is 42.5 Å². The summed E-state index contributed by atoms with van der Waals surface area (Å²) in [5.74, 6) is -1.21. The molecule has 0 heterocycles. The Hall–Kier alpha value is -3.15. The second kappa shape index (κ2) is 8.29. The fraction of sp³-hybridized carbons (Fsp3) is 0.250. The van der Waals surface area contributed by atoms with Crippen LogP contribution >= 0.6 is 0 Å². The quantitative estimate of drug-likeness (QED) is 0.732. The van der Waals surface area contributed by atoms with E-state index in [9.17, 15) is 14.4 Å². The minimum absolute atomic E-state index is 0.0641. The Balaban J connectivity index is 2.10. The van der Waals surface area contributed by atoms with E-state index in [0.29, 0.717) is 23.4 Å². The van der Waals surface area contributed by atoms with Gasteiger partial charge in [-0.3, -0.25) is 9.59 Å². The highest BCUT2D eigenvalue weighted by Crippen LogP contribution is 2.19. The predicted octanol–water partition coefficient (Wildman–Crippen LogP) is 3.93. The molecule has 0 aliphatic rings. The summed E-state index contributed by atoms with van der Waals surface area (Å²) >= 11 is 0. The number of carbonyl (C=O) groups is 3. The zero-order chi connectivity index (χ0) is 19.3. The highest BCUT2D eigenvalue weighted by Gasteiger charge is 2.12. The van der Waals surface area contributed by atoms with Crippen molar-refractivity contribution >= 4 is 29.2 Å². The molecule has 0 aromatic heterocycles. The van der Waals surface area contributed by atoms with Crippen LogP contribution in [0.1, 0.15) is 46.5 Å². The molecule has 6 heteroatoms. The topological polar surface area (TPSA) is 95.5 Å². The first-order valence-electron chi connectivity index (χ1n) is 8.31. The van der Waals surface area contributed by atoms with Crippen molar-refractivity contribution in [1.29, 1.82) is 0 Å². The maximum atomic E-state index is 12.4. The number of carboxylic acids is 1. The molecule has 0 radical (unpaired) electrons. The lowest BCUT2D eigenvalue weighted by molar-refractivity contribution is -0.116. The summed E-state index contributed by atoms with van der Waals surface area (Å²) in [4.78, 5) is 35.3. The third kappa shape index (κ3) is 5.17. The van der Waals surface area contributed by atoms with Crippen molar-refractivity contribution in [3.63, 3.8) is 0 Å². The molecule has 2 amide bonds. The summed E-state index contributed by atoms with van der Waals surface area (Å²) < 4.78 is 0. The molecule has 2 aromatic carbocycles. The zero-order valence-corrected chi connectivity index (χ0v) is 15.0. The van der Waals surface area contributed by atoms with E-state index < -0.39 is 5.97 Å². The monoisotopic (exact) mass is 354 g/mol. The third-order valence-corrected chi connectivity index (χ3v) is 3.72. The molecule has 0 fully saturated rings. The molecule has 0 atom stereocenters. The molecule has 0 bridgehead atoms. The van der Waals surface area contributed by atoms with Gasteiger partial charge in [-0.1, -0.05) is 19.9 Å². The van der Waals surface area contributed by atoms with Crippen molar-refractivity contribution in [2.45, 2.75) is 27.2 Å². The number of carbonyl (C=O) groups excluding carboxylic acids is 2. The number of nitrogens with one attached hydrogen (secondary N) is 2. The number of benzene rings is 2. The first kappa shape index (κ1) is 19.2. The Morgan fingerprint density at radius 1 is 1.00 bits per heavy atom. The van der Waals surface area contributed by atoms with Gasteiger partial charge in [0.2, 0.25) is 5.91 Å². The number of carboxylic acid groups (broad SMARTS) is 1. The maximum absolute atomic E-state index is 12.4. The summed E-state index contributed by atoms with van der Waals surface area (Å²) in [6.45, 7) is 5.76. The van der Waals surface area contributed by atoms with Crippen LogP contribution in [0.5, 0.6) is 0 Å². The molecular formula is C20H22N2O4. The Kier molecular flexibility index (Phi) is 6.11. The minimum Gasteiger partial charge on any atom is -0.478 e. The van der Waals surface area contributed by atoms with Gasteiger partial charge in [-0.05, 0) is 54.8 Å². The predicted molar refractivity (Wildman–Crippen MR) is 101 cm³/mol. The second-order valence-electron chi connectivity index (χ2n) is 6.52. The van der Waals surface area contributed by atoms with Gasteiger partial charge in [-0.2, -0.15) is 0 Å². The van der Waals surface area contributed by atoms with Gasteiger partial charge >= 0.3 is 5.97 Å². The van der Waals surface area contributed by atoms with Crippen molar-refractivity contribution < 1.29 is 19.5 Å². The first-order chi connectivity index (χ1) is 12.3. The van der Waals surface area contributed by atoms with Gasteiger partial charge in [0.15, 0.2) is 0 Å². The van der Waals surface area contributed by atoms with E-state index in [-0.39, 0.29) is 23.3 Å². The SMILES string of the molecule is Cc1cc(C(=O)Nc2cccc(C(=O)O)c2)ccc1NC(=O)CC(C)C. The van der Waals surface area contributed by atoms with Gasteiger partial charge in [0.25, 0.3) is 5.91 Å². The lowest BCUT2D eigenvalue weighted by atomic mass is 10.1. The molecule has 2 rings (SSSR count). The van der Waals surface area contributed by atoms with Crippen LogP contribution in [0.2, 0.25) is 0 Å². The van der Waals surface area contributed by atoms with Crippen molar-refractivity contribution in [3.8, 4) is 0 Å². The summed E-state index contributed by atoms with van der Waals surface area (Å²) in [6.07, 6.45) is 0.432. The van der Waals surface area contributed by atoms with Crippen molar-refractivity contribution in [1.82, 2.24) is 0 Å². The molecule has 2 aromatic rings. The van der Waals surface area contributed by atoms with Gasteiger partial charge in [0.1, 0.15) is 0 Å². The summed E-state index contributed by atoms with van der Waals surface area (Å²) in [5.41, 5.74) is 2.36. The molecule has 136 valence electrons. The fourth-order valence-electron chi connectivity index (χ4n) is 2.45. The van der Waals surface area contributed by atoms with Gasteiger partial charge in [-0.15, -0.1) is 0 Å². The van der Waals surface area contributed by atoms with Crippen LogP contribution in [0, 0.1) is 12.8 Å². The van der Waals surface area contributed by atoms with Crippen LogP contribution in [-0.4, -0.2) is 22.9 Å². The Bertz CT molecular complexity index is 843. The lowest BCUT2D eigenvalue weighted by Gasteiger charge is -2.12. The molecule has 0 unspecified atom stereocenters. The largest absolute Gasteiger partial charge is 0.478 e. The van der Waals surface area contributed by atoms with Crippen molar-refractivity contribution in [2.24, 2.45) is 5.92 Å². The van der Waals surface area contributed by atoms with E-state index >= 15 is 0 Å². The van der Waals surface area contributed by atoms with E-state index in [1.165, 1.54) is 12.1 Å². The van der Waals surface area contributed by atoms with Crippen LogP contribution < -0.4 is 10.6 Å².